The number of benzene rings is 1. The SMILES string of the molecule is COCc1cccc(Cn2nnc(-c3cc(-c4cccc(C)c4)nc(N)n3)c2C)n1. The lowest BCUT2D eigenvalue weighted by Gasteiger charge is -2.07. The van der Waals surface area contributed by atoms with E-state index >= 15 is 0 Å². The summed E-state index contributed by atoms with van der Waals surface area (Å²) in [7, 11) is 1.65. The van der Waals surface area contributed by atoms with Gasteiger partial charge in [0.25, 0.3) is 0 Å². The normalized spacial score (nSPS) is 11.0. The lowest BCUT2D eigenvalue weighted by molar-refractivity contribution is 0.181. The van der Waals surface area contributed by atoms with Crippen molar-refractivity contribution in [2.24, 2.45) is 0 Å². The molecule has 4 aromatic rings. The summed E-state index contributed by atoms with van der Waals surface area (Å²) in [4.78, 5) is 13.4. The summed E-state index contributed by atoms with van der Waals surface area (Å²) in [5.74, 6) is 0.201. The fourth-order valence-corrected chi connectivity index (χ4v) is 3.29. The van der Waals surface area contributed by atoms with Crippen LogP contribution in [-0.2, 0) is 17.9 Å². The first-order valence-corrected chi connectivity index (χ1v) is 9.59. The molecule has 3 aromatic heterocycles. The van der Waals surface area contributed by atoms with Gasteiger partial charge in [-0.15, -0.1) is 5.10 Å². The van der Waals surface area contributed by atoms with Crippen molar-refractivity contribution in [2.75, 3.05) is 12.8 Å². The lowest BCUT2D eigenvalue weighted by Crippen LogP contribution is -2.07. The van der Waals surface area contributed by atoms with E-state index in [1.165, 1.54) is 0 Å². The van der Waals surface area contributed by atoms with Gasteiger partial charge in [-0.2, -0.15) is 0 Å². The predicted molar refractivity (Wildman–Crippen MR) is 114 cm³/mol. The van der Waals surface area contributed by atoms with Crippen LogP contribution in [0.25, 0.3) is 22.6 Å². The van der Waals surface area contributed by atoms with Crippen molar-refractivity contribution in [2.45, 2.75) is 27.0 Å². The zero-order valence-electron chi connectivity index (χ0n) is 17.2. The van der Waals surface area contributed by atoms with Gasteiger partial charge in [0.1, 0.15) is 5.69 Å². The van der Waals surface area contributed by atoms with Crippen LogP contribution >= 0.6 is 0 Å². The molecule has 0 fully saturated rings. The van der Waals surface area contributed by atoms with Crippen LogP contribution in [-0.4, -0.2) is 37.1 Å². The number of anilines is 1. The van der Waals surface area contributed by atoms with Crippen molar-refractivity contribution in [3.8, 4) is 22.6 Å². The van der Waals surface area contributed by atoms with E-state index in [-0.39, 0.29) is 5.95 Å². The van der Waals surface area contributed by atoms with Gasteiger partial charge in [0.05, 0.1) is 41.6 Å². The number of nitrogens with two attached hydrogens (primary N) is 1. The Morgan fingerprint density at radius 3 is 2.50 bits per heavy atom. The second-order valence-electron chi connectivity index (χ2n) is 7.10. The highest BCUT2D eigenvalue weighted by molar-refractivity contribution is 5.68. The molecule has 0 spiro atoms. The molecule has 2 N–H and O–H groups in total. The zero-order valence-corrected chi connectivity index (χ0v) is 17.2. The summed E-state index contributed by atoms with van der Waals surface area (Å²) >= 11 is 0. The Morgan fingerprint density at radius 2 is 1.70 bits per heavy atom. The average molecular weight is 401 g/mol. The number of hydrogen-bond acceptors (Lipinski definition) is 7. The van der Waals surface area contributed by atoms with Gasteiger partial charge in [-0.05, 0) is 38.1 Å². The molecule has 0 amide bonds. The van der Waals surface area contributed by atoms with Crippen molar-refractivity contribution < 1.29 is 4.74 Å². The summed E-state index contributed by atoms with van der Waals surface area (Å²) < 4.78 is 6.97. The van der Waals surface area contributed by atoms with E-state index in [1.807, 2.05) is 56.3 Å². The molecule has 0 saturated carbocycles. The summed E-state index contributed by atoms with van der Waals surface area (Å²) in [6, 6.07) is 15.8. The van der Waals surface area contributed by atoms with Crippen molar-refractivity contribution in [3.63, 3.8) is 0 Å². The van der Waals surface area contributed by atoms with Crippen LogP contribution in [0.1, 0.15) is 22.6 Å². The maximum Gasteiger partial charge on any atom is 0.221 e. The Kier molecular flexibility index (Phi) is 5.49. The molecule has 0 radical (unpaired) electrons. The van der Waals surface area contributed by atoms with Crippen LogP contribution in [0.4, 0.5) is 5.95 Å². The monoisotopic (exact) mass is 401 g/mol. The van der Waals surface area contributed by atoms with Crippen LogP contribution in [0.2, 0.25) is 0 Å². The van der Waals surface area contributed by atoms with E-state index in [2.05, 4.69) is 31.3 Å². The fraction of sp³-hybridized carbons (Fsp3) is 0.227. The molecule has 152 valence electrons. The third-order valence-electron chi connectivity index (χ3n) is 4.75. The molecule has 4 rings (SSSR count). The molecule has 8 nitrogen and oxygen atoms in total. The van der Waals surface area contributed by atoms with Gasteiger partial charge in [0.15, 0.2) is 0 Å². The number of aromatic nitrogens is 6. The highest BCUT2D eigenvalue weighted by atomic mass is 16.5. The van der Waals surface area contributed by atoms with Gasteiger partial charge in [0.2, 0.25) is 5.95 Å². The molecular formula is C22H23N7O. The van der Waals surface area contributed by atoms with Crippen LogP contribution < -0.4 is 5.73 Å². The molecule has 0 unspecified atom stereocenters. The topological polar surface area (TPSA) is 105 Å². The van der Waals surface area contributed by atoms with Gasteiger partial charge < -0.3 is 10.5 Å². The van der Waals surface area contributed by atoms with Gasteiger partial charge >= 0.3 is 0 Å². The van der Waals surface area contributed by atoms with E-state index < -0.39 is 0 Å². The van der Waals surface area contributed by atoms with Crippen LogP contribution in [0.3, 0.4) is 0 Å². The number of hydrogen-bond donors (Lipinski definition) is 1. The Balaban J connectivity index is 1.66. The van der Waals surface area contributed by atoms with Crippen LogP contribution in [0.5, 0.6) is 0 Å². The summed E-state index contributed by atoms with van der Waals surface area (Å²) in [5.41, 5.74) is 12.8. The molecule has 0 aliphatic heterocycles. The van der Waals surface area contributed by atoms with E-state index in [4.69, 9.17) is 10.5 Å². The van der Waals surface area contributed by atoms with E-state index in [1.54, 1.807) is 11.8 Å². The van der Waals surface area contributed by atoms with Gasteiger partial charge in [-0.1, -0.05) is 35.0 Å². The molecule has 0 saturated heterocycles. The molecule has 30 heavy (non-hydrogen) atoms. The Morgan fingerprint density at radius 1 is 0.933 bits per heavy atom. The van der Waals surface area contributed by atoms with Crippen molar-refractivity contribution in [3.05, 3.63) is 71.2 Å². The fourth-order valence-electron chi connectivity index (χ4n) is 3.29. The highest BCUT2D eigenvalue weighted by Gasteiger charge is 2.15. The largest absolute Gasteiger partial charge is 0.378 e. The maximum absolute atomic E-state index is 6.00. The lowest BCUT2D eigenvalue weighted by atomic mass is 10.1. The van der Waals surface area contributed by atoms with E-state index in [0.717, 1.165) is 33.9 Å². The molecule has 0 aliphatic rings. The van der Waals surface area contributed by atoms with E-state index in [9.17, 15) is 0 Å². The minimum absolute atomic E-state index is 0.201. The van der Waals surface area contributed by atoms with Gasteiger partial charge in [0, 0.05) is 12.7 Å². The second kappa shape index (κ2) is 8.38. The quantitative estimate of drug-likeness (QED) is 0.529. The predicted octanol–water partition coefficient (Wildman–Crippen LogP) is 3.19. The number of nitrogens with zero attached hydrogens (tertiary/aromatic N) is 6. The molecule has 8 heteroatoms. The second-order valence-corrected chi connectivity index (χ2v) is 7.10. The van der Waals surface area contributed by atoms with Crippen LogP contribution in [0, 0.1) is 13.8 Å². The van der Waals surface area contributed by atoms with Crippen molar-refractivity contribution >= 4 is 5.95 Å². The van der Waals surface area contributed by atoms with Crippen LogP contribution in [0.15, 0.2) is 48.5 Å². The zero-order chi connectivity index (χ0) is 21.1. The van der Waals surface area contributed by atoms with Crippen molar-refractivity contribution in [1.29, 1.82) is 0 Å². The number of ether oxygens (including phenoxy) is 1. The first kappa shape index (κ1) is 19.7. The first-order chi connectivity index (χ1) is 14.5. The van der Waals surface area contributed by atoms with Gasteiger partial charge in [-0.3, -0.25) is 4.98 Å². The third kappa shape index (κ3) is 4.18. The third-order valence-corrected chi connectivity index (χ3v) is 4.75. The van der Waals surface area contributed by atoms with E-state index in [0.29, 0.717) is 24.5 Å². The standard InChI is InChI=1S/C22H23N7O/c1-14-6-4-7-16(10-14)19-11-20(26-22(23)25-19)21-15(2)29(28-27-21)12-17-8-5-9-18(24-17)13-30-3/h4-11H,12-13H2,1-3H3,(H2,23,25,26). The molecule has 1 aromatic carbocycles. The minimum atomic E-state index is 0.201. The number of aryl methyl sites for hydroxylation is 1. The van der Waals surface area contributed by atoms with Gasteiger partial charge in [-0.25, -0.2) is 14.6 Å². The summed E-state index contributed by atoms with van der Waals surface area (Å²) in [6.45, 7) is 4.97. The average Bonchev–Trinajstić information content (AvgIpc) is 3.08. The Hall–Kier alpha value is -3.65. The molecule has 0 bridgehead atoms. The first-order valence-electron chi connectivity index (χ1n) is 9.59. The maximum atomic E-state index is 6.00. The number of rotatable bonds is 6. The Bertz CT molecular complexity index is 1190. The smallest absolute Gasteiger partial charge is 0.221 e. The molecular weight excluding hydrogens is 378 g/mol. The molecule has 3 heterocycles. The molecule has 0 aliphatic carbocycles. The number of pyridine rings is 1. The minimum Gasteiger partial charge on any atom is -0.378 e. The van der Waals surface area contributed by atoms with Crippen molar-refractivity contribution in [1.82, 2.24) is 29.9 Å². The molecule has 0 atom stereocenters. The Labute approximate surface area is 174 Å². The summed E-state index contributed by atoms with van der Waals surface area (Å²) in [5, 5.41) is 8.65. The number of nitrogen functional groups attached to an aromatic ring is 1. The highest BCUT2D eigenvalue weighted by Crippen LogP contribution is 2.26. The number of methoxy groups -OCH3 is 1. The summed E-state index contributed by atoms with van der Waals surface area (Å²) in [6.07, 6.45) is 0.